The third-order valence-corrected chi connectivity index (χ3v) is 5.54. The fourth-order valence-corrected chi connectivity index (χ4v) is 4.13. The van der Waals surface area contributed by atoms with Gasteiger partial charge in [-0.15, -0.1) is 0 Å². The van der Waals surface area contributed by atoms with Gasteiger partial charge in [-0.1, -0.05) is 30.3 Å². The van der Waals surface area contributed by atoms with Gasteiger partial charge in [-0.3, -0.25) is 0 Å². The lowest BCUT2D eigenvalue weighted by Crippen LogP contribution is -2.64. The Morgan fingerprint density at radius 3 is 2.92 bits per heavy atom. The van der Waals surface area contributed by atoms with Crippen LogP contribution in [0, 0.1) is 5.92 Å². The number of aromatic amines is 1. The summed E-state index contributed by atoms with van der Waals surface area (Å²) in [5.41, 5.74) is 2.26. The Balaban J connectivity index is 1.58. The van der Waals surface area contributed by atoms with Gasteiger partial charge in [-0.2, -0.15) is 0 Å². The van der Waals surface area contributed by atoms with Crippen LogP contribution >= 0.6 is 0 Å². The molecule has 25 heavy (non-hydrogen) atoms. The molecular formula is C19H18N2O4. The largest absolute Gasteiger partial charge is 0.452 e. The second-order valence-electron chi connectivity index (χ2n) is 6.90. The minimum Gasteiger partial charge on any atom is -0.452 e. The summed E-state index contributed by atoms with van der Waals surface area (Å²) in [4.78, 5) is 7.27. The molecule has 5 rings (SSSR count). The number of rotatable bonds is 2. The van der Waals surface area contributed by atoms with Gasteiger partial charge >= 0.3 is 0 Å². The monoisotopic (exact) mass is 338 g/mol. The second-order valence-corrected chi connectivity index (χ2v) is 6.90. The predicted octanol–water partition coefficient (Wildman–Crippen LogP) is 1.59. The normalized spacial score (nSPS) is 25.0. The zero-order chi connectivity index (χ0) is 17.2. The number of aliphatic hydroxyl groups is 3. The maximum Gasteiger partial charge on any atom is 0.293 e. The summed E-state index contributed by atoms with van der Waals surface area (Å²) in [5, 5.41) is 34.6. The van der Waals surface area contributed by atoms with Crippen LogP contribution in [0.15, 0.2) is 42.7 Å². The van der Waals surface area contributed by atoms with Crippen molar-refractivity contribution in [1.29, 1.82) is 0 Å². The number of hydrogen-bond donors (Lipinski definition) is 4. The molecular weight excluding hydrogens is 320 g/mol. The van der Waals surface area contributed by atoms with Gasteiger partial charge in [0.25, 0.3) is 5.79 Å². The second kappa shape index (κ2) is 4.82. The zero-order valence-electron chi connectivity index (χ0n) is 13.4. The number of hydrogen-bond acceptors (Lipinski definition) is 5. The van der Waals surface area contributed by atoms with Crippen molar-refractivity contribution in [3.8, 4) is 5.75 Å². The molecule has 4 N–H and O–H groups in total. The van der Waals surface area contributed by atoms with E-state index in [1.54, 1.807) is 12.4 Å². The van der Waals surface area contributed by atoms with Crippen molar-refractivity contribution in [2.45, 2.75) is 30.8 Å². The van der Waals surface area contributed by atoms with Gasteiger partial charge in [-0.25, -0.2) is 4.98 Å². The van der Waals surface area contributed by atoms with Crippen molar-refractivity contribution >= 4 is 10.8 Å². The van der Waals surface area contributed by atoms with Crippen molar-refractivity contribution < 1.29 is 20.1 Å². The lowest BCUT2D eigenvalue weighted by Gasteiger charge is -2.50. The van der Waals surface area contributed by atoms with Crippen LogP contribution in [0.3, 0.4) is 0 Å². The van der Waals surface area contributed by atoms with E-state index in [1.807, 2.05) is 30.3 Å². The maximum atomic E-state index is 11.1. The van der Waals surface area contributed by atoms with Crippen molar-refractivity contribution in [3.63, 3.8) is 0 Å². The molecule has 1 aliphatic heterocycles. The lowest BCUT2D eigenvalue weighted by molar-refractivity contribution is -0.390. The standard InChI is InChI=1S/C19H18N2O4/c22-18(23,12-6-7-14-15(9-12)21-10-20-14)19(24)17-13-4-2-1-3-11(13)5-8-16(17)25-19/h1-5,8,10,12,22-24H,6-7,9H2,(H,20,21). The first-order chi connectivity index (χ1) is 12.0. The van der Waals surface area contributed by atoms with Gasteiger partial charge in [0.2, 0.25) is 5.79 Å². The fraction of sp³-hybridized carbons (Fsp3) is 0.316. The Hall–Kier alpha value is -2.41. The number of benzene rings is 2. The summed E-state index contributed by atoms with van der Waals surface area (Å²) < 4.78 is 5.50. The number of aryl methyl sites for hydroxylation is 1. The fourth-order valence-electron chi connectivity index (χ4n) is 4.13. The van der Waals surface area contributed by atoms with E-state index < -0.39 is 17.5 Å². The van der Waals surface area contributed by atoms with Gasteiger partial charge in [0, 0.05) is 11.6 Å². The molecule has 0 saturated carbocycles. The van der Waals surface area contributed by atoms with E-state index in [2.05, 4.69) is 9.97 Å². The van der Waals surface area contributed by atoms with Gasteiger partial charge in [0.1, 0.15) is 5.75 Å². The molecule has 0 fully saturated rings. The van der Waals surface area contributed by atoms with Crippen LogP contribution in [0.5, 0.6) is 5.75 Å². The highest BCUT2D eigenvalue weighted by atomic mass is 16.7. The van der Waals surface area contributed by atoms with Gasteiger partial charge in [0.05, 0.1) is 17.6 Å². The predicted molar refractivity (Wildman–Crippen MR) is 89.7 cm³/mol. The Kier molecular flexibility index (Phi) is 2.87. The summed E-state index contributed by atoms with van der Waals surface area (Å²) in [7, 11) is 0. The van der Waals surface area contributed by atoms with Crippen LogP contribution in [0.2, 0.25) is 0 Å². The van der Waals surface area contributed by atoms with Crippen LogP contribution in [0.4, 0.5) is 0 Å². The first-order valence-corrected chi connectivity index (χ1v) is 8.40. The minimum atomic E-state index is -2.41. The number of H-pyrrole nitrogens is 1. The van der Waals surface area contributed by atoms with Gasteiger partial charge < -0.3 is 25.0 Å². The van der Waals surface area contributed by atoms with Crippen molar-refractivity contribution in [2.75, 3.05) is 0 Å². The van der Waals surface area contributed by atoms with E-state index in [0.717, 1.165) is 22.2 Å². The van der Waals surface area contributed by atoms with Crippen molar-refractivity contribution in [3.05, 3.63) is 59.7 Å². The molecule has 6 heteroatoms. The molecule has 2 aliphatic rings. The maximum absolute atomic E-state index is 11.1. The average molecular weight is 338 g/mol. The number of nitrogens with one attached hydrogen (secondary N) is 1. The number of nitrogens with zero attached hydrogens (tertiary/aromatic N) is 1. The molecule has 0 saturated heterocycles. The molecule has 0 spiro atoms. The summed E-state index contributed by atoms with van der Waals surface area (Å²) in [6, 6.07) is 11.2. The number of aromatic nitrogens is 2. The molecule has 0 amide bonds. The quantitative estimate of drug-likeness (QED) is 0.532. The summed E-state index contributed by atoms with van der Waals surface area (Å²) in [5.74, 6) is -4.65. The molecule has 2 heterocycles. The third-order valence-electron chi connectivity index (χ3n) is 5.54. The highest BCUT2D eigenvalue weighted by Gasteiger charge is 2.63. The van der Waals surface area contributed by atoms with Crippen molar-refractivity contribution in [1.82, 2.24) is 9.97 Å². The molecule has 2 atom stereocenters. The number of ether oxygens (including phenoxy) is 1. The highest BCUT2D eigenvalue weighted by Crippen LogP contribution is 2.54. The van der Waals surface area contributed by atoms with Crippen LogP contribution in [0.25, 0.3) is 10.8 Å². The lowest BCUT2D eigenvalue weighted by atomic mass is 9.75. The minimum absolute atomic E-state index is 0.397. The van der Waals surface area contributed by atoms with Crippen LogP contribution in [-0.4, -0.2) is 31.1 Å². The molecule has 2 aromatic carbocycles. The van der Waals surface area contributed by atoms with E-state index in [9.17, 15) is 15.3 Å². The van der Waals surface area contributed by atoms with Gasteiger partial charge in [0.15, 0.2) is 0 Å². The molecule has 0 bridgehead atoms. The summed E-state index contributed by atoms with van der Waals surface area (Å²) >= 11 is 0. The van der Waals surface area contributed by atoms with Crippen LogP contribution in [0.1, 0.15) is 23.4 Å². The first-order valence-electron chi connectivity index (χ1n) is 8.40. The molecule has 2 unspecified atom stereocenters. The Labute approximate surface area is 143 Å². The molecule has 1 aromatic heterocycles. The topological polar surface area (TPSA) is 98.6 Å². The molecule has 128 valence electrons. The molecule has 6 nitrogen and oxygen atoms in total. The van der Waals surface area contributed by atoms with E-state index >= 15 is 0 Å². The summed E-state index contributed by atoms with van der Waals surface area (Å²) in [6.45, 7) is 0. The first kappa shape index (κ1) is 14.9. The Morgan fingerprint density at radius 1 is 1.20 bits per heavy atom. The molecule has 3 aromatic rings. The third kappa shape index (κ3) is 1.87. The van der Waals surface area contributed by atoms with E-state index in [0.29, 0.717) is 30.6 Å². The van der Waals surface area contributed by atoms with Crippen LogP contribution in [-0.2, 0) is 18.6 Å². The SMILES string of the molecule is OC1(C(O)(O)C2CCc3nc[nH]c3C2)Oc2ccc3ccccc3c21. The Bertz CT molecular complexity index is 980. The van der Waals surface area contributed by atoms with E-state index in [-0.39, 0.29) is 0 Å². The van der Waals surface area contributed by atoms with E-state index in [1.165, 1.54) is 0 Å². The summed E-state index contributed by atoms with van der Waals surface area (Å²) in [6.07, 6.45) is 3.15. The van der Waals surface area contributed by atoms with Crippen LogP contribution < -0.4 is 4.74 Å². The van der Waals surface area contributed by atoms with Crippen molar-refractivity contribution in [2.24, 2.45) is 5.92 Å². The smallest absolute Gasteiger partial charge is 0.293 e. The molecule has 1 aliphatic carbocycles. The highest BCUT2D eigenvalue weighted by molar-refractivity contribution is 5.90. The number of imidazole rings is 1. The van der Waals surface area contributed by atoms with E-state index in [4.69, 9.17) is 4.74 Å². The zero-order valence-corrected chi connectivity index (χ0v) is 13.4. The van der Waals surface area contributed by atoms with Gasteiger partial charge in [-0.05, 0) is 36.1 Å². The number of fused-ring (bicyclic) bond motifs is 4. The molecule has 0 radical (unpaired) electrons. The Morgan fingerprint density at radius 2 is 2.04 bits per heavy atom. The average Bonchev–Trinajstić information content (AvgIpc) is 3.07.